The molecule has 0 aliphatic heterocycles. The normalized spacial score (nSPS) is 11.3. The molecule has 0 amide bonds. The van der Waals surface area contributed by atoms with Crippen molar-refractivity contribution in [3.63, 3.8) is 0 Å². The maximum Gasteiger partial charge on any atom is 0.146 e. The van der Waals surface area contributed by atoms with Gasteiger partial charge < -0.3 is 9.47 Å². The van der Waals surface area contributed by atoms with Gasteiger partial charge in [-0.2, -0.15) is 0 Å². The standard InChI is InChI=1S/C11H21IO2/c1-2-13-11-14-10-8-6-4-3-5-7-9-12/h4,6H,2-3,5,7-11H2,1H3. The molecule has 0 radical (unpaired) electrons. The molecule has 14 heavy (non-hydrogen) atoms. The SMILES string of the molecule is CCOCOCCC=CCCCCI. The Bertz CT molecular complexity index is 126. The minimum atomic E-state index is 0.430. The van der Waals surface area contributed by atoms with Crippen molar-refractivity contribution < 1.29 is 9.47 Å². The number of halogens is 1. The van der Waals surface area contributed by atoms with Gasteiger partial charge in [-0.1, -0.05) is 34.7 Å². The van der Waals surface area contributed by atoms with Crippen LogP contribution in [0.2, 0.25) is 0 Å². The molecular formula is C11H21IO2. The van der Waals surface area contributed by atoms with E-state index in [9.17, 15) is 0 Å². The van der Waals surface area contributed by atoms with Crippen LogP contribution >= 0.6 is 22.6 Å². The molecule has 0 heterocycles. The molecule has 0 unspecified atom stereocenters. The molecule has 0 saturated carbocycles. The Kier molecular flexibility index (Phi) is 13.8. The average molecular weight is 312 g/mol. The molecular weight excluding hydrogens is 291 g/mol. The van der Waals surface area contributed by atoms with Crippen LogP contribution in [-0.2, 0) is 9.47 Å². The van der Waals surface area contributed by atoms with Crippen LogP contribution < -0.4 is 0 Å². The van der Waals surface area contributed by atoms with Gasteiger partial charge in [0.1, 0.15) is 6.79 Å². The third kappa shape index (κ3) is 12.4. The number of alkyl halides is 1. The summed E-state index contributed by atoms with van der Waals surface area (Å²) in [5.41, 5.74) is 0. The highest BCUT2D eigenvalue weighted by Gasteiger charge is 1.85. The second-order valence-electron chi connectivity index (χ2n) is 2.96. The third-order valence-corrected chi connectivity index (χ3v) is 2.48. The quantitative estimate of drug-likeness (QED) is 0.202. The summed E-state index contributed by atoms with van der Waals surface area (Å²) < 4.78 is 11.5. The summed E-state index contributed by atoms with van der Waals surface area (Å²) >= 11 is 2.42. The first-order valence-electron chi connectivity index (χ1n) is 5.28. The molecule has 0 spiro atoms. The molecule has 2 nitrogen and oxygen atoms in total. The second kappa shape index (κ2) is 13.4. The first kappa shape index (κ1) is 14.4. The molecule has 0 N–H and O–H groups in total. The van der Waals surface area contributed by atoms with Crippen molar-refractivity contribution in [2.24, 2.45) is 0 Å². The second-order valence-corrected chi connectivity index (χ2v) is 4.04. The highest BCUT2D eigenvalue weighted by molar-refractivity contribution is 14.1. The third-order valence-electron chi connectivity index (χ3n) is 1.72. The zero-order valence-corrected chi connectivity index (χ0v) is 11.2. The number of allylic oxidation sites excluding steroid dienone is 1. The Morgan fingerprint density at radius 3 is 2.57 bits per heavy atom. The summed E-state index contributed by atoms with van der Waals surface area (Å²) in [4.78, 5) is 0. The van der Waals surface area contributed by atoms with Gasteiger partial charge in [0.15, 0.2) is 0 Å². The van der Waals surface area contributed by atoms with Crippen molar-refractivity contribution in [2.45, 2.75) is 32.6 Å². The lowest BCUT2D eigenvalue weighted by Crippen LogP contribution is -1.99. The fourth-order valence-electron chi connectivity index (χ4n) is 0.945. The van der Waals surface area contributed by atoms with Crippen LogP contribution in [0.3, 0.4) is 0 Å². The van der Waals surface area contributed by atoms with Gasteiger partial charge >= 0.3 is 0 Å². The summed E-state index contributed by atoms with van der Waals surface area (Å²) in [7, 11) is 0. The molecule has 0 fully saturated rings. The molecule has 0 aliphatic carbocycles. The van der Waals surface area contributed by atoms with Gasteiger partial charge in [0.2, 0.25) is 0 Å². The van der Waals surface area contributed by atoms with Crippen LogP contribution in [0.25, 0.3) is 0 Å². The minimum Gasteiger partial charge on any atom is -0.356 e. The predicted octanol–water partition coefficient (Wildman–Crippen LogP) is 3.55. The Hall–Kier alpha value is 0.390. The summed E-state index contributed by atoms with van der Waals surface area (Å²) in [5.74, 6) is 0. The van der Waals surface area contributed by atoms with E-state index < -0.39 is 0 Å². The van der Waals surface area contributed by atoms with E-state index >= 15 is 0 Å². The van der Waals surface area contributed by atoms with Crippen molar-refractivity contribution in [1.82, 2.24) is 0 Å². The lowest BCUT2D eigenvalue weighted by molar-refractivity contribution is -0.0476. The van der Waals surface area contributed by atoms with Gasteiger partial charge in [-0.15, -0.1) is 0 Å². The van der Waals surface area contributed by atoms with E-state index in [1.807, 2.05) is 6.92 Å². The van der Waals surface area contributed by atoms with Gasteiger partial charge in [0, 0.05) is 6.61 Å². The molecule has 0 aromatic heterocycles. The van der Waals surface area contributed by atoms with E-state index in [-0.39, 0.29) is 0 Å². The summed E-state index contributed by atoms with van der Waals surface area (Å²) in [6.45, 7) is 3.89. The summed E-state index contributed by atoms with van der Waals surface area (Å²) in [6.07, 6.45) is 9.27. The first-order valence-corrected chi connectivity index (χ1v) is 6.80. The van der Waals surface area contributed by atoms with Gasteiger partial charge in [0.25, 0.3) is 0 Å². The van der Waals surface area contributed by atoms with E-state index in [1.54, 1.807) is 0 Å². The molecule has 0 saturated heterocycles. The topological polar surface area (TPSA) is 18.5 Å². The van der Waals surface area contributed by atoms with Crippen LogP contribution in [0.5, 0.6) is 0 Å². The number of hydrogen-bond donors (Lipinski definition) is 0. The number of hydrogen-bond acceptors (Lipinski definition) is 2. The first-order chi connectivity index (χ1) is 6.91. The lowest BCUT2D eigenvalue weighted by atomic mass is 10.2. The van der Waals surface area contributed by atoms with Crippen molar-refractivity contribution in [1.29, 1.82) is 0 Å². The maximum atomic E-state index is 5.23. The zero-order chi connectivity index (χ0) is 10.5. The largest absolute Gasteiger partial charge is 0.356 e. The molecule has 0 aromatic rings. The molecule has 0 atom stereocenters. The van der Waals surface area contributed by atoms with Crippen molar-refractivity contribution in [3.8, 4) is 0 Å². The smallest absolute Gasteiger partial charge is 0.146 e. The number of ether oxygens (including phenoxy) is 2. The molecule has 3 heteroatoms. The van der Waals surface area contributed by atoms with Gasteiger partial charge in [0.05, 0.1) is 6.61 Å². The van der Waals surface area contributed by atoms with Crippen LogP contribution in [0.1, 0.15) is 32.6 Å². The molecule has 0 rings (SSSR count). The molecule has 84 valence electrons. The van der Waals surface area contributed by atoms with Gasteiger partial charge in [-0.25, -0.2) is 0 Å². The number of rotatable bonds is 10. The predicted molar refractivity (Wildman–Crippen MR) is 68.9 cm³/mol. The minimum absolute atomic E-state index is 0.430. The van der Waals surface area contributed by atoms with Crippen molar-refractivity contribution >= 4 is 22.6 Å². The van der Waals surface area contributed by atoms with E-state index in [0.717, 1.165) is 19.6 Å². The highest BCUT2D eigenvalue weighted by Crippen LogP contribution is 2.00. The molecule has 0 aromatic carbocycles. The Morgan fingerprint density at radius 1 is 1.07 bits per heavy atom. The monoisotopic (exact) mass is 312 g/mol. The van der Waals surface area contributed by atoms with E-state index in [2.05, 4.69) is 34.7 Å². The Balaban J connectivity index is 2.96. The fraction of sp³-hybridized carbons (Fsp3) is 0.818. The maximum absolute atomic E-state index is 5.23. The molecule has 0 aliphatic rings. The van der Waals surface area contributed by atoms with Gasteiger partial charge in [-0.05, 0) is 37.0 Å². The van der Waals surface area contributed by atoms with Crippen LogP contribution in [-0.4, -0.2) is 24.4 Å². The van der Waals surface area contributed by atoms with E-state index in [4.69, 9.17) is 9.47 Å². The van der Waals surface area contributed by atoms with E-state index in [0.29, 0.717) is 6.79 Å². The van der Waals surface area contributed by atoms with Crippen LogP contribution in [0.4, 0.5) is 0 Å². The molecule has 0 bridgehead atoms. The van der Waals surface area contributed by atoms with Gasteiger partial charge in [-0.3, -0.25) is 0 Å². The Labute approximate surface area is 101 Å². The average Bonchev–Trinajstić information content (AvgIpc) is 2.21. The van der Waals surface area contributed by atoms with Crippen molar-refractivity contribution in [3.05, 3.63) is 12.2 Å². The van der Waals surface area contributed by atoms with Crippen LogP contribution in [0, 0.1) is 0 Å². The zero-order valence-electron chi connectivity index (χ0n) is 9.01. The number of unbranched alkanes of at least 4 members (excludes halogenated alkanes) is 2. The Morgan fingerprint density at radius 2 is 1.86 bits per heavy atom. The summed E-state index contributed by atoms with van der Waals surface area (Å²) in [6, 6.07) is 0. The summed E-state index contributed by atoms with van der Waals surface area (Å²) in [5, 5.41) is 0. The fourth-order valence-corrected chi connectivity index (χ4v) is 1.48. The van der Waals surface area contributed by atoms with E-state index in [1.165, 1.54) is 23.7 Å². The highest BCUT2D eigenvalue weighted by atomic mass is 127. The van der Waals surface area contributed by atoms with Crippen molar-refractivity contribution in [2.75, 3.05) is 24.4 Å². The van der Waals surface area contributed by atoms with Crippen LogP contribution in [0.15, 0.2) is 12.2 Å². The lowest BCUT2D eigenvalue weighted by Gasteiger charge is -2.00.